The molecule has 0 saturated heterocycles. The van der Waals surface area contributed by atoms with E-state index >= 15 is 0 Å². The number of benzene rings is 3. The van der Waals surface area contributed by atoms with Crippen LogP contribution in [-0.2, 0) is 16.4 Å². The summed E-state index contributed by atoms with van der Waals surface area (Å²) in [5, 5.41) is 17.2. The van der Waals surface area contributed by atoms with Crippen LogP contribution in [-0.4, -0.2) is 36.6 Å². The van der Waals surface area contributed by atoms with Crippen molar-refractivity contribution in [1.29, 1.82) is 0 Å². The van der Waals surface area contributed by atoms with Gasteiger partial charge in [0.2, 0.25) is 0 Å². The van der Waals surface area contributed by atoms with Crippen molar-refractivity contribution in [2.24, 2.45) is 0 Å². The minimum atomic E-state index is -3.76. The van der Waals surface area contributed by atoms with Crippen LogP contribution in [0.1, 0.15) is 17.2 Å². The van der Waals surface area contributed by atoms with Crippen molar-refractivity contribution >= 4 is 38.0 Å². The molecule has 6 aromatic rings. The minimum Gasteiger partial charge on any atom is -0.454 e. The molecule has 0 aliphatic rings. The Morgan fingerprint density at radius 3 is 2.52 bits per heavy atom. The van der Waals surface area contributed by atoms with Gasteiger partial charge in [0, 0.05) is 46.5 Å². The maximum absolute atomic E-state index is 13.0. The van der Waals surface area contributed by atoms with E-state index in [0.29, 0.717) is 24.5 Å². The number of aromatic nitrogens is 2. The molecule has 0 saturated carbocycles. The van der Waals surface area contributed by atoms with Gasteiger partial charge in [-0.25, -0.2) is 13.4 Å². The Kier molecular flexibility index (Phi) is 8.11. The first-order chi connectivity index (χ1) is 20.4. The smallest absolute Gasteiger partial charge is 0.261 e. The molecule has 0 amide bonds. The van der Waals surface area contributed by atoms with Gasteiger partial charge in [-0.3, -0.25) is 9.71 Å². The second kappa shape index (κ2) is 12.3. The van der Waals surface area contributed by atoms with E-state index in [2.05, 4.69) is 15.0 Å². The highest BCUT2D eigenvalue weighted by molar-refractivity contribution is 7.92. The third-order valence-corrected chi connectivity index (χ3v) is 9.09. The molecule has 212 valence electrons. The van der Waals surface area contributed by atoms with Crippen LogP contribution in [0.4, 0.5) is 5.69 Å². The third-order valence-electron chi connectivity index (χ3n) is 6.80. The molecule has 3 aromatic carbocycles. The van der Waals surface area contributed by atoms with Gasteiger partial charge < -0.3 is 14.8 Å². The van der Waals surface area contributed by atoms with E-state index in [1.807, 2.05) is 53.9 Å². The topological polar surface area (TPSA) is 117 Å². The van der Waals surface area contributed by atoms with E-state index in [-0.39, 0.29) is 4.90 Å². The zero-order chi connectivity index (χ0) is 28.9. The van der Waals surface area contributed by atoms with Gasteiger partial charge in [-0.15, -0.1) is 11.3 Å². The molecule has 6 rings (SSSR count). The van der Waals surface area contributed by atoms with Crippen molar-refractivity contribution in [2.45, 2.75) is 17.4 Å². The number of furan rings is 1. The number of sulfonamides is 1. The Morgan fingerprint density at radius 1 is 0.952 bits per heavy atom. The lowest BCUT2D eigenvalue weighted by Crippen LogP contribution is -2.23. The average Bonchev–Trinajstić information content (AvgIpc) is 3.68. The lowest BCUT2D eigenvalue weighted by molar-refractivity contribution is 0.174. The Hall–Kier alpha value is -4.35. The van der Waals surface area contributed by atoms with Gasteiger partial charge in [0.25, 0.3) is 10.0 Å². The van der Waals surface area contributed by atoms with Crippen LogP contribution < -0.4 is 10.0 Å². The molecule has 1 atom stereocenters. The number of thiazole rings is 1. The number of aliphatic hydroxyl groups excluding tert-OH is 1. The quantitative estimate of drug-likeness (QED) is 0.151. The summed E-state index contributed by atoms with van der Waals surface area (Å²) in [7, 11) is -3.76. The van der Waals surface area contributed by atoms with E-state index in [0.717, 1.165) is 44.8 Å². The Morgan fingerprint density at radius 2 is 1.76 bits per heavy atom. The SMILES string of the molecule is O=S(=O)(Nc1ccc(CCNCC(O)c2cccnc2)cc1)c1ccc(-c2nc(-c3cc4ccccc4o3)cs2)cc1. The first-order valence-electron chi connectivity index (χ1n) is 13.4. The van der Waals surface area contributed by atoms with E-state index in [9.17, 15) is 13.5 Å². The van der Waals surface area contributed by atoms with Crippen LogP contribution in [0.5, 0.6) is 0 Å². The number of anilines is 1. The number of rotatable bonds is 11. The fraction of sp³-hybridized carbons (Fsp3) is 0.125. The van der Waals surface area contributed by atoms with Crippen molar-refractivity contribution < 1.29 is 17.9 Å². The van der Waals surface area contributed by atoms with Gasteiger partial charge in [-0.2, -0.15) is 0 Å². The van der Waals surface area contributed by atoms with Gasteiger partial charge in [0.15, 0.2) is 5.76 Å². The van der Waals surface area contributed by atoms with Crippen LogP contribution in [0.25, 0.3) is 33.0 Å². The van der Waals surface area contributed by atoms with Gasteiger partial charge in [-0.05, 0) is 61.0 Å². The van der Waals surface area contributed by atoms with Gasteiger partial charge in [0.05, 0.1) is 11.0 Å². The highest BCUT2D eigenvalue weighted by Crippen LogP contribution is 2.32. The summed E-state index contributed by atoms with van der Waals surface area (Å²) < 4.78 is 34.6. The predicted octanol–water partition coefficient (Wildman–Crippen LogP) is 6.28. The molecule has 0 bridgehead atoms. The molecule has 42 heavy (non-hydrogen) atoms. The number of fused-ring (bicyclic) bond motifs is 1. The molecule has 3 heterocycles. The molecule has 0 radical (unpaired) electrons. The number of hydrogen-bond donors (Lipinski definition) is 3. The van der Waals surface area contributed by atoms with Crippen molar-refractivity contribution in [1.82, 2.24) is 15.3 Å². The highest BCUT2D eigenvalue weighted by Gasteiger charge is 2.16. The van der Waals surface area contributed by atoms with E-state index in [1.165, 1.54) is 11.3 Å². The second-order valence-electron chi connectivity index (χ2n) is 9.77. The zero-order valence-corrected chi connectivity index (χ0v) is 24.1. The molecular formula is C32H28N4O4S2. The number of pyridine rings is 1. The van der Waals surface area contributed by atoms with Crippen molar-refractivity contribution in [3.63, 3.8) is 0 Å². The summed E-state index contributed by atoms with van der Waals surface area (Å²) in [5.41, 5.74) is 4.68. The first kappa shape index (κ1) is 27.8. The van der Waals surface area contributed by atoms with Crippen molar-refractivity contribution in [3.8, 4) is 22.0 Å². The lowest BCUT2D eigenvalue weighted by Gasteiger charge is -2.12. The summed E-state index contributed by atoms with van der Waals surface area (Å²) in [5.74, 6) is 0.698. The maximum Gasteiger partial charge on any atom is 0.261 e. The molecule has 3 N–H and O–H groups in total. The first-order valence-corrected chi connectivity index (χ1v) is 15.8. The van der Waals surface area contributed by atoms with Crippen LogP contribution in [0.3, 0.4) is 0 Å². The lowest BCUT2D eigenvalue weighted by atomic mass is 10.1. The molecular weight excluding hydrogens is 569 g/mol. The summed E-state index contributed by atoms with van der Waals surface area (Å²) in [6.07, 6.45) is 3.45. The third kappa shape index (κ3) is 6.42. The maximum atomic E-state index is 13.0. The molecule has 3 aromatic heterocycles. The summed E-state index contributed by atoms with van der Waals surface area (Å²) in [4.78, 5) is 8.90. The van der Waals surface area contributed by atoms with Crippen LogP contribution >= 0.6 is 11.3 Å². The van der Waals surface area contributed by atoms with Crippen LogP contribution in [0.15, 0.2) is 118 Å². The molecule has 0 aliphatic heterocycles. The van der Waals surface area contributed by atoms with Gasteiger partial charge in [-0.1, -0.05) is 48.5 Å². The number of aliphatic hydroxyl groups is 1. The van der Waals surface area contributed by atoms with Crippen molar-refractivity contribution in [2.75, 3.05) is 17.8 Å². The fourth-order valence-corrected chi connectivity index (χ4v) is 6.39. The van der Waals surface area contributed by atoms with E-state index in [1.54, 1.807) is 54.9 Å². The number of nitrogens with zero attached hydrogens (tertiary/aromatic N) is 2. The average molecular weight is 597 g/mol. The molecule has 10 heteroatoms. The Labute approximate surface area is 247 Å². The predicted molar refractivity (Wildman–Crippen MR) is 166 cm³/mol. The van der Waals surface area contributed by atoms with Gasteiger partial charge in [0.1, 0.15) is 16.3 Å². The highest BCUT2D eigenvalue weighted by atomic mass is 32.2. The number of para-hydroxylation sites is 1. The fourth-order valence-electron chi connectivity index (χ4n) is 4.52. The zero-order valence-electron chi connectivity index (χ0n) is 22.5. The monoisotopic (exact) mass is 596 g/mol. The van der Waals surface area contributed by atoms with Crippen LogP contribution in [0.2, 0.25) is 0 Å². The molecule has 1 unspecified atom stereocenters. The Balaban J connectivity index is 1.04. The van der Waals surface area contributed by atoms with Crippen LogP contribution in [0, 0.1) is 0 Å². The van der Waals surface area contributed by atoms with Gasteiger partial charge >= 0.3 is 0 Å². The van der Waals surface area contributed by atoms with E-state index < -0.39 is 16.1 Å². The summed E-state index contributed by atoms with van der Waals surface area (Å²) in [6, 6.07) is 27.4. The molecule has 8 nitrogen and oxygen atoms in total. The second-order valence-corrected chi connectivity index (χ2v) is 12.3. The molecule has 0 fully saturated rings. The minimum absolute atomic E-state index is 0.167. The van der Waals surface area contributed by atoms with Crippen molar-refractivity contribution in [3.05, 3.63) is 120 Å². The largest absolute Gasteiger partial charge is 0.454 e. The number of nitrogens with one attached hydrogen (secondary N) is 2. The molecule has 0 aliphatic carbocycles. The summed E-state index contributed by atoms with van der Waals surface area (Å²) >= 11 is 1.48. The summed E-state index contributed by atoms with van der Waals surface area (Å²) in [6.45, 7) is 1.10. The number of hydrogen-bond acceptors (Lipinski definition) is 8. The van der Waals surface area contributed by atoms with E-state index in [4.69, 9.17) is 9.40 Å². The Bertz CT molecular complexity index is 1850. The normalized spacial score (nSPS) is 12.4. The standard InChI is InChI=1S/C32H28N4O4S2/c37-29(25-5-3-16-33-19-25)20-34-17-15-22-7-11-26(12-8-22)36-42(38,39)27-13-9-23(10-14-27)32-35-28(21-41-32)31-18-24-4-1-2-6-30(24)40-31/h1-14,16,18-19,21,29,34,36-37H,15,17,20H2. The molecule has 0 spiro atoms.